The second kappa shape index (κ2) is 4.31. The smallest absolute Gasteiger partial charge is 0.257 e. The third-order valence-corrected chi connectivity index (χ3v) is 3.09. The molecule has 1 saturated heterocycles. The van der Waals surface area contributed by atoms with Crippen molar-refractivity contribution in [3.63, 3.8) is 0 Å². The number of hydrogen-bond acceptors (Lipinski definition) is 3. The van der Waals surface area contributed by atoms with E-state index in [-0.39, 0.29) is 18.2 Å². The highest BCUT2D eigenvalue weighted by Gasteiger charge is 2.40. The van der Waals surface area contributed by atoms with E-state index in [9.17, 15) is 14.0 Å². The molecule has 3 rings (SSSR count). The van der Waals surface area contributed by atoms with E-state index in [0.29, 0.717) is 5.69 Å². The number of hydrogen-bond donors (Lipinski definition) is 0. The molecule has 2 aromatic rings. The number of anilines is 1. The number of imide groups is 1. The van der Waals surface area contributed by atoms with Crippen molar-refractivity contribution in [1.29, 1.82) is 0 Å². The molecular weight excluding hydrogens is 249 g/mol. The number of aromatic nitrogens is 2. The third-order valence-electron chi connectivity index (χ3n) is 3.09. The van der Waals surface area contributed by atoms with Gasteiger partial charge in [-0.1, -0.05) is 0 Å². The number of rotatable bonds is 2. The molecule has 1 aromatic carbocycles. The molecule has 2 heterocycles. The highest BCUT2D eigenvalue weighted by Crippen LogP contribution is 2.29. The quantitative estimate of drug-likeness (QED) is 0.768. The Morgan fingerprint density at radius 2 is 1.95 bits per heavy atom. The van der Waals surface area contributed by atoms with E-state index >= 15 is 0 Å². The largest absolute Gasteiger partial charge is 0.324 e. The van der Waals surface area contributed by atoms with Crippen LogP contribution in [0.25, 0.3) is 0 Å². The van der Waals surface area contributed by atoms with Crippen molar-refractivity contribution in [1.82, 2.24) is 9.55 Å². The number of imidazole rings is 1. The molecule has 0 saturated carbocycles. The van der Waals surface area contributed by atoms with Crippen LogP contribution in [-0.4, -0.2) is 21.4 Å². The van der Waals surface area contributed by atoms with Gasteiger partial charge in [0.25, 0.3) is 5.91 Å². The maximum absolute atomic E-state index is 12.9. The maximum atomic E-state index is 12.9. The van der Waals surface area contributed by atoms with E-state index in [1.54, 1.807) is 17.0 Å². The second-order valence-electron chi connectivity index (χ2n) is 4.27. The Balaban J connectivity index is 1.93. The van der Waals surface area contributed by atoms with Gasteiger partial charge in [-0.25, -0.2) is 14.3 Å². The van der Waals surface area contributed by atoms with Gasteiger partial charge in [-0.2, -0.15) is 0 Å². The zero-order chi connectivity index (χ0) is 13.4. The summed E-state index contributed by atoms with van der Waals surface area (Å²) in [5, 5.41) is 0. The Morgan fingerprint density at radius 1 is 1.21 bits per heavy atom. The minimum atomic E-state index is -0.569. The topological polar surface area (TPSA) is 55.2 Å². The lowest BCUT2D eigenvalue weighted by atomic mass is 10.2. The number of benzene rings is 1. The van der Waals surface area contributed by atoms with Crippen LogP contribution >= 0.6 is 0 Å². The zero-order valence-corrected chi connectivity index (χ0v) is 9.86. The van der Waals surface area contributed by atoms with Crippen molar-refractivity contribution >= 4 is 17.5 Å². The predicted octanol–water partition coefficient (Wildman–Crippen LogP) is 1.53. The first kappa shape index (κ1) is 11.6. The van der Waals surface area contributed by atoms with E-state index in [1.807, 2.05) is 0 Å². The molecule has 1 aliphatic rings. The van der Waals surface area contributed by atoms with E-state index in [4.69, 9.17) is 0 Å². The lowest BCUT2D eigenvalue weighted by Gasteiger charge is -2.15. The Labute approximate surface area is 108 Å². The Morgan fingerprint density at radius 3 is 2.58 bits per heavy atom. The van der Waals surface area contributed by atoms with Crippen molar-refractivity contribution in [2.24, 2.45) is 0 Å². The zero-order valence-electron chi connectivity index (χ0n) is 9.86. The summed E-state index contributed by atoms with van der Waals surface area (Å²) in [6.07, 6.45) is 4.79. The fourth-order valence-corrected chi connectivity index (χ4v) is 2.16. The summed E-state index contributed by atoms with van der Waals surface area (Å²) in [5.41, 5.74) is 0.388. The van der Waals surface area contributed by atoms with Crippen molar-refractivity contribution in [2.75, 3.05) is 4.90 Å². The molecule has 0 radical (unpaired) electrons. The van der Waals surface area contributed by atoms with Gasteiger partial charge < -0.3 is 4.57 Å². The van der Waals surface area contributed by atoms with Gasteiger partial charge in [-0.3, -0.25) is 9.59 Å². The van der Waals surface area contributed by atoms with Gasteiger partial charge >= 0.3 is 0 Å². The SMILES string of the molecule is O=C1CC(n2ccnc2)C(=O)N1c1ccc(F)cc1. The molecule has 0 aliphatic carbocycles. The van der Waals surface area contributed by atoms with Gasteiger partial charge in [0.2, 0.25) is 5.91 Å². The van der Waals surface area contributed by atoms with Crippen LogP contribution in [0.5, 0.6) is 0 Å². The number of nitrogens with zero attached hydrogens (tertiary/aromatic N) is 3. The van der Waals surface area contributed by atoms with E-state index in [1.165, 1.54) is 30.6 Å². The lowest BCUT2D eigenvalue weighted by Crippen LogP contribution is -2.30. The van der Waals surface area contributed by atoms with Crippen molar-refractivity contribution in [2.45, 2.75) is 12.5 Å². The normalized spacial score (nSPS) is 19.2. The molecule has 1 unspecified atom stereocenters. The maximum Gasteiger partial charge on any atom is 0.257 e. The van der Waals surface area contributed by atoms with Crippen LogP contribution in [0.2, 0.25) is 0 Å². The molecule has 19 heavy (non-hydrogen) atoms. The van der Waals surface area contributed by atoms with Crippen LogP contribution in [0.15, 0.2) is 43.0 Å². The molecule has 1 atom stereocenters. The van der Waals surface area contributed by atoms with E-state index in [0.717, 1.165) is 4.90 Å². The summed E-state index contributed by atoms with van der Waals surface area (Å²) < 4.78 is 14.5. The Hall–Kier alpha value is -2.50. The predicted molar refractivity (Wildman–Crippen MR) is 64.8 cm³/mol. The summed E-state index contributed by atoms with van der Waals surface area (Å²) in [6, 6.07) is 4.71. The second-order valence-corrected chi connectivity index (χ2v) is 4.27. The molecule has 0 spiro atoms. The van der Waals surface area contributed by atoms with Crippen LogP contribution in [0.3, 0.4) is 0 Å². The first-order chi connectivity index (χ1) is 9.16. The minimum Gasteiger partial charge on any atom is -0.324 e. The van der Waals surface area contributed by atoms with Crippen LogP contribution in [0, 0.1) is 5.82 Å². The fraction of sp³-hybridized carbons (Fsp3) is 0.154. The average Bonchev–Trinajstić information content (AvgIpc) is 3.00. The number of halogens is 1. The molecule has 0 N–H and O–H groups in total. The summed E-state index contributed by atoms with van der Waals surface area (Å²) in [4.78, 5) is 29.2. The monoisotopic (exact) mass is 259 g/mol. The average molecular weight is 259 g/mol. The van der Waals surface area contributed by atoms with Crippen LogP contribution in [0.1, 0.15) is 12.5 Å². The number of carbonyl (C=O) groups is 2. The van der Waals surface area contributed by atoms with Crippen molar-refractivity contribution in [3.8, 4) is 0 Å². The summed E-state index contributed by atoms with van der Waals surface area (Å²) in [5.74, 6) is -1.03. The highest BCUT2D eigenvalue weighted by molar-refractivity contribution is 6.21. The van der Waals surface area contributed by atoms with Gasteiger partial charge in [-0.05, 0) is 24.3 Å². The molecule has 0 bridgehead atoms. The van der Waals surface area contributed by atoms with Gasteiger partial charge in [-0.15, -0.1) is 0 Å². The molecule has 2 amide bonds. The van der Waals surface area contributed by atoms with Crippen molar-refractivity contribution in [3.05, 3.63) is 48.8 Å². The molecule has 96 valence electrons. The van der Waals surface area contributed by atoms with Gasteiger partial charge in [0.15, 0.2) is 0 Å². The fourth-order valence-electron chi connectivity index (χ4n) is 2.16. The molecule has 6 heteroatoms. The van der Waals surface area contributed by atoms with Gasteiger partial charge in [0.1, 0.15) is 11.9 Å². The van der Waals surface area contributed by atoms with E-state index < -0.39 is 11.9 Å². The minimum absolute atomic E-state index is 0.0899. The van der Waals surface area contributed by atoms with Gasteiger partial charge in [0.05, 0.1) is 18.4 Å². The van der Waals surface area contributed by atoms with E-state index in [2.05, 4.69) is 4.98 Å². The molecule has 1 fully saturated rings. The van der Waals surface area contributed by atoms with Crippen LogP contribution in [0.4, 0.5) is 10.1 Å². The number of amides is 2. The lowest BCUT2D eigenvalue weighted by molar-refractivity contribution is -0.122. The molecule has 1 aliphatic heterocycles. The standard InChI is InChI=1S/C13H10FN3O2/c14-9-1-3-10(4-2-9)17-12(18)7-11(13(17)19)16-6-5-15-8-16/h1-6,8,11H,7H2. The molecule has 1 aromatic heterocycles. The summed E-state index contributed by atoms with van der Waals surface area (Å²) in [6.45, 7) is 0. The van der Waals surface area contributed by atoms with Crippen molar-refractivity contribution < 1.29 is 14.0 Å². The van der Waals surface area contributed by atoms with Crippen LogP contribution in [-0.2, 0) is 9.59 Å². The molecule has 5 nitrogen and oxygen atoms in total. The first-order valence-corrected chi connectivity index (χ1v) is 5.76. The van der Waals surface area contributed by atoms with Crippen LogP contribution < -0.4 is 4.90 Å². The Bertz CT molecular complexity index is 622. The number of carbonyl (C=O) groups excluding carboxylic acids is 2. The summed E-state index contributed by atoms with van der Waals surface area (Å²) >= 11 is 0. The third kappa shape index (κ3) is 1.91. The summed E-state index contributed by atoms with van der Waals surface area (Å²) in [7, 11) is 0. The molecular formula is C13H10FN3O2. The van der Waals surface area contributed by atoms with Gasteiger partial charge in [0, 0.05) is 12.4 Å². The highest BCUT2D eigenvalue weighted by atomic mass is 19.1. The first-order valence-electron chi connectivity index (χ1n) is 5.76. The Kier molecular flexibility index (Phi) is 2.63.